The number of alkyl halides is 3. The topological polar surface area (TPSA) is 68.0 Å². The molecule has 2 aromatic heterocycles. The summed E-state index contributed by atoms with van der Waals surface area (Å²) < 4.78 is 43.1. The van der Waals surface area contributed by atoms with Gasteiger partial charge in [-0.2, -0.15) is 13.2 Å². The van der Waals surface area contributed by atoms with Crippen molar-refractivity contribution in [3.63, 3.8) is 0 Å². The maximum atomic E-state index is 12.7. The molecule has 1 amide bonds. The molecule has 0 bridgehead atoms. The number of anilines is 1. The SMILES string of the molecule is O=C(Nc1ccc(SCc2cccc(C(F)(F)F)c2)nn1)c1ccco1. The lowest BCUT2D eigenvalue weighted by Crippen LogP contribution is -2.12. The molecule has 0 aliphatic heterocycles. The van der Waals surface area contributed by atoms with Crippen molar-refractivity contribution in [2.45, 2.75) is 17.0 Å². The number of rotatable bonds is 5. The van der Waals surface area contributed by atoms with E-state index < -0.39 is 17.6 Å². The van der Waals surface area contributed by atoms with Crippen LogP contribution in [0.4, 0.5) is 19.0 Å². The minimum absolute atomic E-state index is 0.148. The number of carbonyl (C=O) groups is 1. The van der Waals surface area contributed by atoms with Crippen LogP contribution >= 0.6 is 11.8 Å². The van der Waals surface area contributed by atoms with Gasteiger partial charge in [0.2, 0.25) is 0 Å². The van der Waals surface area contributed by atoms with Gasteiger partial charge in [0.1, 0.15) is 5.03 Å². The van der Waals surface area contributed by atoms with E-state index in [1.807, 2.05) is 0 Å². The summed E-state index contributed by atoms with van der Waals surface area (Å²) in [6.45, 7) is 0. The van der Waals surface area contributed by atoms with E-state index in [1.165, 1.54) is 30.2 Å². The fourth-order valence-corrected chi connectivity index (χ4v) is 2.80. The second-order valence-electron chi connectivity index (χ2n) is 5.18. The summed E-state index contributed by atoms with van der Waals surface area (Å²) in [5, 5.41) is 10.9. The molecular weight excluding hydrogens is 367 g/mol. The molecule has 0 fully saturated rings. The first kappa shape index (κ1) is 18.0. The third-order valence-electron chi connectivity index (χ3n) is 3.27. The molecule has 0 spiro atoms. The normalized spacial score (nSPS) is 11.3. The summed E-state index contributed by atoms with van der Waals surface area (Å²) >= 11 is 1.25. The minimum atomic E-state index is -4.37. The van der Waals surface area contributed by atoms with E-state index in [0.29, 0.717) is 16.3 Å². The largest absolute Gasteiger partial charge is 0.459 e. The number of nitrogens with one attached hydrogen (secondary N) is 1. The van der Waals surface area contributed by atoms with Crippen molar-refractivity contribution in [1.29, 1.82) is 0 Å². The van der Waals surface area contributed by atoms with Crippen LogP contribution in [0.15, 0.2) is 64.2 Å². The maximum Gasteiger partial charge on any atom is 0.416 e. The zero-order valence-corrected chi connectivity index (χ0v) is 14.0. The van der Waals surface area contributed by atoms with E-state index in [-0.39, 0.29) is 11.6 Å². The van der Waals surface area contributed by atoms with Gasteiger partial charge in [0.25, 0.3) is 5.91 Å². The number of halogens is 3. The average Bonchev–Trinajstić information content (AvgIpc) is 3.15. The van der Waals surface area contributed by atoms with Crippen LogP contribution in [-0.4, -0.2) is 16.1 Å². The highest BCUT2D eigenvalue weighted by Gasteiger charge is 2.30. The Morgan fingerprint density at radius 3 is 2.62 bits per heavy atom. The highest BCUT2D eigenvalue weighted by Crippen LogP contribution is 2.31. The van der Waals surface area contributed by atoms with Crippen LogP contribution in [0.5, 0.6) is 0 Å². The Kier molecular flexibility index (Phi) is 5.27. The number of carbonyl (C=O) groups excluding carboxylic acids is 1. The molecule has 0 saturated heterocycles. The van der Waals surface area contributed by atoms with Crippen LogP contribution in [-0.2, 0) is 11.9 Å². The molecule has 0 saturated carbocycles. The highest BCUT2D eigenvalue weighted by molar-refractivity contribution is 7.98. The van der Waals surface area contributed by atoms with Gasteiger partial charge in [-0.3, -0.25) is 4.79 Å². The van der Waals surface area contributed by atoms with Crippen molar-refractivity contribution >= 4 is 23.5 Å². The Morgan fingerprint density at radius 2 is 1.96 bits per heavy atom. The molecule has 26 heavy (non-hydrogen) atoms. The molecule has 2 heterocycles. The van der Waals surface area contributed by atoms with Crippen LogP contribution in [0.2, 0.25) is 0 Å². The van der Waals surface area contributed by atoms with Gasteiger partial charge in [-0.25, -0.2) is 0 Å². The van der Waals surface area contributed by atoms with Gasteiger partial charge in [0, 0.05) is 5.75 Å². The standard InChI is InChI=1S/C17H12F3N3O2S/c18-17(19,20)12-4-1-3-11(9-12)10-26-15-7-6-14(22-23-15)21-16(24)13-5-2-8-25-13/h1-9H,10H2,(H,21,22,24). The Balaban J connectivity index is 1.59. The third kappa shape index (κ3) is 4.63. The van der Waals surface area contributed by atoms with E-state index in [0.717, 1.165) is 12.1 Å². The zero-order valence-electron chi connectivity index (χ0n) is 13.2. The summed E-state index contributed by atoms with van der Waals surface area (Å²) in [6, 6.07) is 11.4. The van der Waals surface area contributed by atoms with Gasteiger partial charge < -0.3 is 9.73 Å². The summed E-state index contributed by atoms with van der Waals surface area (Å²) in [5.41, 5.74) is -0.153. The van der Waals surface area contributed by atoms with Gasteiger partial charge in [-0.15, -0.1) is 10.2 Å². The van der Waals surface area contributed by atoms with Gasteiger partial charge in [-0.1, -0.05) is 30.0 Å². The Bertz CT molecular complexity index is 881. The smallest absolute Gasteiger partial charge is 0.416 e. The number of amides is 1. The molecule has 5 nitrogen and oxygen atoms in total. The van der Waals surface area contributed by atoms with Crippen LogP contribution in [0.25, 0.3) is 0 Å². The van der Waals surface area contributed by atoms with E-state index in [2.05, 4.69) is 15.5 Å². The summed E-state index contributed by atoms with van der Waals surface area (Å²) in [5.74, 6) is 0.259. The van der Waals surface area contributed by atoms with Gasteiger partial charge in [-0.05, 0) is 35.9 Å². The number of furan rings is 1. The molecule has 0 radical (unpaired) electrons. The molecule has 0 aliphatic rings. The van der Waals surface area contributed by atoms with Crippen molar-refractivity contribution in [3.05, 3.63) is 71.7 Å². The highest BCUT2D eigenvalue weighted by atomic mass is 32.2. The predicted molar refractivity (Wildman–Crippen MR) is 89.7 cm³/mol. The summed E-state index contributed by atoms with van der Waals surface area (Å²) in [7, 11) is 0. The van der Waals surface area contributed by atoms with Crippen molar-refractivity contribution < 1.29 is 22.4 Å². The van der Waals surface area contributed by atoms with E-state index >= 15 is 0 Å². The van der Waals surface area contributed by atoms with Crippen LogP contribution < -0.4 is 5.32 Å². The van der Waals surface area contributed by atoms with Crippen LogP contribution in [0.1, 0.15) is 21.7 Å². The molecule has 134 valence electrons. The monoisotopic (exact) mass is 379 g/mol. The first-order valence-corrected chi connectivity index (χ1v) is 8.38. The number of nitrogens with zero attached hydrogens (tertiary/aromatic N) is 2. The zero-order chi connectivity index (χ0) is 18.6. The van der Waals surface area contributed by atoms with Crippen molar-refractivity contribution in [2.75, 3.05) is 5.32 Å². The summed E-state index contributed by atoms with van der Waals surface area (Å²) in [4.78, 5) is 11.8. The molecular formula is C17H12F3N3O2S. The molecule has 0 aliphatic carbocycles. The minimum Gasteiger partial charge on any atom is -0.459 e. The van der Waals surface area contributed by atoms with Gasteiger partial charge >= 0.3 is 6.18 Å². The first-order chi connectivity index (χ1) is 12.4. The Morgan fingerprint density at radius 1 is 1.12 bits per heavy atom. The second kappa shape index (κ2) is 7.61. The second-order valence-corrected chi connectivity index (χ2v) is 6.17. The lowest BCUT2D eigenvalue weighted by atomic mass is 10.1. The van der Waals surface area contributed by atoms with Crippen LogP contribution in [0.3, 0.4) is 0 Å². The van der Waals surface area contributed by atoms with Crippen molar-refractivity contribution in [2.24, 2.45) is 0 Å². The van der Waals surface area contributed by atoms with E-state index in [4.69, 9.17) is 4.42 Å². The van der Waals surface area contributed by atoms with E-state index in [9.17, 15) is 18.0 Å². The molecule has 3 rings (SSSR count). The fourth-order valence-electron chi connectivity index (χ4n) is 2.04. The number of thioether (sulfide) groups is 1. The molecule has 0 atom stereocenters. The lowest BCUT2D eigenvalue weighted by Gasteiger charge is -2.08. The number of benzene rings is 1. The maximum absolute atomic E-state index is 12.7. The Labute approximate surface area is 150 Å². The third-order valence-corrected chi connectivity index (χ3v) is 4.26. The Hall–Kier alpha value is -2.81. The molecule has 3 aromatic rings. The number of hydrogen-bond donors (Lipinski definition) is 1. The van der Waals surface area contributed by atoms with Crippen molar-refractivity contribution in [3.8, 4) is 0 Å². The van der Waals surface area contributed by atoms with Crippen LogP contribution in [0, 0.1) is 0 Å². The predicted octanol–water partition coefficient (Wildman–Crippen LogP) is 4.63. The first-order valence-electron chi connectivity index (χ1n) is 7.39. The van der Waals surface area contributed by atoms with Crippen molar-refractivity contribution in [1.82, 2.24) is 10.2 Å². The number of hydrogen-bond acceptors (Lipinski definition) is 5. The molecule has 9 heteroatoms. The average molecular weight is 379 g/mol. The van der Waals surface area contributed by atoms with Gasteiger partial charge in [0.05, 0.1) is 11.8 Å². The number of aromatic nitrogens is 2. The quantitative estimate of drug-likeness (QED) is 0.655. The molecule has 1 N–H and O–H groups in total. The fraction of sp³-hybridized carbons (Fsp3) is 0.118. The van der Waals surface area contributed by atoms with Gasteiger partial charge in [0.15, 0.2) is 11.6 Å². The lowest BCUT2D eigenvalue weighted by molar-refractivity contribution is -0.137. The molecule has 1 aromatic carbocycles. The van der Waals surface area contributed by atoms with E-state index in [1.54, 1.807) is 24.3 Å². The summed E-state index contributed by atoms with van der Waals surface area (Å²) in [6.07, 6.45) is -2.98. The molecule has 0 unspecified atom stereocenters.